The number of alkyl halides is 3. The predicted molar refractivity (Wildman–Crippen MR) is 116 cm³/mol. The highest BCUT2D eigenvalue weighted by Gasteiger charge is 2.45. The Morgan fingerprint density at radius 1 is 1.20 bits per heavy atom. The highest BCUT2D eigenvalue weighted by molar-refractivity contribution is 5.89. The number of anilines is 2. The van der Waals surface area contributed by atoms with Crippen LogP contribution in [0.5, 0.6) is 0 Å². The molecule has 0 saturated carbocycles. The molecule has 1 aliphatic rings. The SMILES string of the molecule is Cc1c([C@H](NC(=O)Nc2cnc(N3CC(C(C)(C)O)C3)nc2)C(F)(F)F)oc2c(F)cc(F)cc12. The lowest BCUT2D eigenvalue weighted by Gasteiger charge is -2.45. The zero-order valence-corrected chi connectivity index (χ0v) is 18.9. The third-order valence-electron chi connectivity index (χ3n) is 5.92. The Kier molecular flexibility index (Phi) is 6.07. The second-order valence-electron chi connectivity index (χ2n) is 8.96. The Morgan fingerprint density at radius 2 is 1.83 bits per heavy atom. The van der Waals surface area contributed by atoms with Gasteiger partial charge in [-0.15, -0.1) is 0 Å². The largest absolute Gasteiger partial charge is 0.455 e. The quantitative estimate of drug-likeness (QED) is 0.449. The molecule has 0 aliphatic carbocycles. The molecule has 4 rings (SSSR count). The molecule has 1 fully saturated rings. The molecule has 188 valence electrons. The van der Waals surface area contributed by atoms with Crippen molar-refractivity contribution in [3.63, 3.8) is 0 Å². The minimum absolute atomic E-state index is 0.0289. The summed E-state index contributed by atoms with van der Waals surface area (Å²) in [6.45, 7) is 5.69. The van der Waals surface area contributed by atoms with E-state index in [1.165, 1.54) is 19.3 Å². The van der Waals surface area contributed by atoms with E-state index in [9.17, 15) is 31.9 Å². The number of benzene rings is 1. The van der Waals surface area contributed by atoms with Gasteiger partial charge in [-0.2, -0.15) is 13.2 Å². The van der Waals surface area contributed by atoms with Crippen LogP contribution in [0.1, 0.15) is 31.2 Å². The number of nitrogens with zero attached hydrogens (tertiary/aromatic N) is 3. The molecule has 3 heterocycles. The summed E-state index contributed by atoms with van der Waals surface area (Å²) in [7, 11) is 0. The highest BCUT2D eigenvalue weighted by atomic mass is 19.4. The summed E-state index contributed by atoms with van der Waals surface area (Å²) in [5, 5.41) is 13.8. The van der Waals surface area contributed by atoms with E-state index in [1.807, 2.05) is 0 Å². The molecule has 1 atom stereocenters. The van der Waals surface area contributed by atoms with Gasteiger partial charge >= 0.3 is 12.2 Å². The number of amides is 2. The molecular formula is C22H22F5N5O3. The number of fused-ring (bicyclic) bond motifs is 1. The van der Waals surface area contributed by atoms with Gasteiger partial charge in [-0.3, -0.25) is 0 Å². The second kappa shape index (κ2) is 8.63. The highest BCUT2D eigenvalue weighted by Crippen LogP contribution is 2.39. The Bertz CT molecular complexity index is 1250. The van der Waals surface area contributed by atoms with Gasteiger partial charge < -0.3 is 25.1 Å². The fourth-order valence-electron chi connectivity index (χ4n) is 3.77. The molecule has 1 saturated heterocycles. The Labute approximate surface area is 196 Å². The number of aliphatic hydroxyl groups is 1. The number of hydrogen-bond acceptors (Lipinski definition) is 6. The molecule has 0 radical (unpaired) electrons. The molecule has 1 aromatic carbocycles. The van der Waals surface area contributed by atoms with E-state index < -0.39 is 46.8 Å². The van der Waals surface area contributed by atoms with Crippen molar-refractivity contribution in [1.29, 1.82) is 0 Å². The molecule has 3 N–H and O–H groups in total. The maximum absolute atomic E-state index is 14.0. The third-order valence-corrected chi connectivity index (χ3v) is 5.92. The molecular weight excluding hydrogens is 477 g/mol. The van der Waals surface area contributed by atoms with Gasteiger partial charge in [0.05, 0.1) is 23.7 Å². The van der Waals surface area contributed by atoms with Crippen molar-refractivity contribution in [2.45, 2.75) is 38.6 Å². The van der Waals surface area contributed by atoms with Gasteiger partial charge in [-0.25, -0.2) is 23.5 Å². The lowest BCUT2D eigenvalue weighted by molar-refractivity contribution is -0.158. The Balaban J connectivity index is 1.47. The molecule has 0 spiro atoms. The number of rotatable bonds is 5. The molecule has 1 aliphatic heterocycles. The summed E-state index contributed by atoms with van der Waals surface area (Å²) in [4.78, 5) is 22.3. The van der Waals surface area contributed by atoms with E-state index >= 15 is 0 Å². The fraction of sp³-hybridized carbons (Fsp3) is 0.409. The zero-order chi connectivity index (χ0) is 25.7. The number of urea groups is 1. The number of carbonyl (C=O) groups excluding carboxylic acids is 1. The maximum Gasteiger partial charge on any atom is 0.416 e. The minimum Gasteiger partial charge on any atom is -0.455 e. The van der Waals surface area contributed by atoms with Crippen LogP contribution in [0.2, 0.25) is 0 Å². The molecule has 0 bridgehead atoms. The number of nitrogens with one attached hydrogen (secondary N) is 2. The average molecular weight is 499 g/mol. The van der Waals surface area contributed by atoms with Gasteiger partial charge in [-0.1, -0.05) is 0 Å². The number of aromatic nitrogens is 2. The first-order valence-corrected chi connectivity index (χ1v) is 10.6. The minimum atomic E-state index is -5.00. The molecule has 2 amide bonds. The van der Waals surface area contributed by atoms with Crippen molar-refractivity contribution in [2.24, 2.45) is 5.92 Å². The lowest BCUT2D eigenvalue weighted by Crippen LogP contribution is -2.56. The van der Waals surface area contributed by atoms with Gasteiger partial charge in [0.2, 0.25) is 5.95 Å². The number of furan rings is 1. The first-order chi connectivity index (χ1) is 16.2. The van der Waals surface area contributed by atoms with Crippen molar-refractivity contribution in [2.75, 3.05) is 23.3 Å². The topological polar surface area (TPSA) is 104 Å². The molecule has 0 unspecified atom stereocenters. The Morgan fingerprint density at radius 3 is 2.40 bits per heavy atom. The van der Waals surface area contributed by atoms with Crippen LogP contribution in [-0.2, 0) is 0 Å². The Hall–Kier alpha value is -3.48. The van der Waals surface area contributed by atoms with E-state index in [4.69, 9.17) is 4.42 Å². The van der Waals surface area contributed by atoms with Crippen molar-refractivity contribution >= 4 is 28.6 Å². The normalized spacial score (nSPS) is 15.7. The third kappa shape index (κ3) is 4.99. The number of aryl methyl sites for hydroxylation is 1. The van der Waals surface area contributed by atoms with Crippen LogP contribution in [0.3, 0.4) is 0 Å². The molecule has 8 nitrogen and oxygen atoms in total. The predicted octanol–water partition coefficient (Wildman–Crippen LogP) is 4.44. The first kappa shape index (κ1) is 24.6. The first-order valence-electron chi connectivity index (χ1n) is 10.6. The fourth-order valence-corrected chi connectivity index (χ4v) is 3.77. The van der Waals surface area contributed by atoms with Crippen LogP contribution in [0.25, 0.3) is 11.0 Å². The summed E-state index contributed by atoms with van der Waals surface area (Å²) in [5.74, 6) is -2.51. The standard InChI is InChI=1S/C22H22F5N5O3/c1-10-14-4-12(23)5-15(24)17(14)35-16(10)18(22(25,26)27)31-20(33)30-13-6-28-19(29-7-13)32-8-11(9-32)21(2,3)34/h4-7,11,18,34H,8-9H2,1-3H3,(H2,30,31,33)/t18-/m0/s1. The van der Waals surface area contributed by atoms with Crippen molar-refractivity contribution in [3.8, 4) is 0 Å². The van der Waals surface area contributed by atoms with E-state index in [1.54, 1.807) is 24.1 Å². The van der Waals surface area contributed by atoms with E-state index in [0.29, 0.717) is 25.1 Å². The molecule has 35 heavy (non-hydrogen) atoms. The van der Waals surface area contributed by atoms with Crippen molar-refractivity contribution in [3.05, 3.63) is 47.5 Å². The summed E-state index contributed by atoms with van der Waals surface area (Å²) in [6.07, 6.45) is -2.54. The van der Waals surface area contributed by atoms with Gasteiger partial charge in [0.1, 0.15) is 11.6 Å². The average Bonchev–Trinajstić information content (AvgIpc) is 3.01. The van der Waals surface area contributed by atoms with Gasteiger partial charge in [-0.05, 0) is 26.8 Å². The molecule has 3 aromatic rings. The second-order valence-corrected chi connectivity index (χ2v) is 8.96. The van der Waals surface area contributed by atoms with Gasteiger partial charge in [0.15, 0.2) is 17.4 Å². The van der Waals surface area contributed by atoms with Crippen LogP contribution < -0.4 is 15.5 Å². The molecule has 13 heteroatoms. The van der Waals surface area contributed by atoms with E-state index in [2.05, 4.69) is 15.3 Å². The van der Waals surface area contributed by atoms with Crippen LogP contribution in [0.4, 0.5) is 38.4 Å². The summed E-state index contributed by atoms with van der Waals surface area (Å²) in [6, 6.07) is -2.51. The van der Waals surface area contributed by atoms with Crippen LogP contribution in [0.15, 0.2) is 28.9 Å². The van der Waals surface area contributed by atoms with Crippen LogP contribution in [-0.4, -0.2) is 46.0 Å². The lowest BCUT2D eigenvalue weighted by atomic mass is 9.85. The summed E-state index contributed by atoms with van der Waals surface area (Å²) < 4.78 is 73.9. The van der Waals surface area contributed by atoms with E-state index in [-0.39, 0.29) is 22.6 Å². The van der Waals surface area contributed by atoms with Crippen LogP contribution in [0, 0.1) is 24.5 Å². The van der Waals surface area contributed by atoms with Crippen molar-refractivity contribution in [1.82, 2.24) is 15.3 Å². The van der Waals surface area contributed by atoms with E-state index in [0.717, 1.165) is 6.07 Å². The van der Waals surface area contributed by atoms with Gasteiger partial charge in [0, 0.05) is 36.0 Å². The van der Waals surface area contributed by atoms with Gasteiger partial charge in [0.25, 0.3) is 0 Å². The van der Waals surface area contributed by atoms with Crippen molar-refractivity contribution < 1.29 is 36.3 Å². The summed E-state index contributed by atoms with van der Waals surface area (Å²) in [5.41, 5.74) is -1.52. The number of halogens is 5. The maximum atomic E-state index is 14.0. The smallest absolute Gasteiger partial charge is 0.416 e. The monoisotopic (exact) mass is 499 g/mol. The number of carbonyl (C=O) groups is 1. The van der Waals surface area contributed by atoms with Crippen LogP contribution >= 0.6 is 0 Å². The molecule has 2 aromatic heterocycles. The summed E-state index contributed by atoms with van der Waals surface area (Å²) >= 11 is 0. The zero-order valence-electron chi connectivity index (χ0n) is 18.9. The number of hydrogen-bond donors (Lipinski definition) is 3.